The SMILES string of the molecule is CCN1CCCc2ccc(C(=O)c3cccc(N)c3)cc21. The number of rotatable bonds is 3. The molecule has 2 N–H and O–H groups in total. The molecule has 0 unspecified atom stereocenters. The predicted octanol–water partition coefficient (Wildman–Crippen LogP) is 3.27. The van der Waals surface area contributed by atoms with Gasteiger partial charge < -0.3 is 10.6 Å². The molecule has 0 fully saturated rings. The van der Waals surface area contributed by atoms with Crippen molar-refractivity contribution in [1.82, 2.24) is 0 Å². The molecule has 0 spiro atoms. The molecule has 3 nitrogen and oxygen atoms in total. The molecule has 0 bridgehead atoms. The van der Waals surface area contributed by atoms with Crippen molar-refractivity contribution >= 4 is 17.2 Å². The van der Waals surface area contributed by atoms with E-state index in [0.717, 1.165) is 25.1 Å². The molecule has 3 heteroatoms. The molecular formula is C18H20N2O. The summed E-state index contributed by atoms with van der Waals surface area (Å²) in [4.78, 5) is 14.9. The Hall–Kier alpha value is -2.29. The van der Waals surface area contributed by atoms with Gasteiger partial charge in [-0.15, -0.1) is 0 Å². The van der Waals surface area contributed by atoms with Crippen LogP contribution in [0.4, 0.5) is 11.4 Å². The largest absolute Gasteiger partial charge is 0.399 e. The van der Waals surface area contributed by atoms with E-state index in [9.17, 15) is 4.79 Å². The predicted molar refractivity (Wildman–Crippen MR) is 86.9 cm³/mol. The Morgan fingerprint density at radius 2 is 2.00 bits per heavy atom. The number of hydrogen-bond acceptors (Lipinski definition) is 3. The van der Waals surface area contributed by atoms with Crippen molar-refractivity contribution in [2.45, 2.75) is 19.8 Å². The topological polar surface area (TPSA) is 46.3 Å². The zero-order chi connectivity index (χ0) is 14.8. The van der Waals surface area contributed by atoms with E-state index in [0.29, 0.717) is 11.3 Å². The van der Waals surface area contributed by atoms with Crippen LogP contribution in [0.2, 0.25) is 0 Å². The third kappa shape index (κ3) is 2.64. The van der Waals surface area contributed by atoms with Crippen molar-refractivity contribution < 1.29 is 4.79 Å². The molecule has 1 aliphatic heterocycles. The van der Waals surface area contributed by atoms with E-state index in [1.54, 1.807) is 12.1 Å². The molecule has 0 aliphatic carbocycles. The highest BCUT2D eigenvalue weighted by Crippen LogP contribution is 2.29. The smallest absolute Gasteiger partial charge is 0.193 e. The standard InChI is InChI=1S/C18H20N2O/c1-2-20-10-4-6-13-8-9-15(12-17(13)20)18(21)14-5-3-7-16(19)11-14/h3,5,7-9,11-12H,2,4,6,10,19H2,1H3. The minimum atomic E-state index is 0.0340. The fraction of sp³-hybridized carbons (Fsp3) is 0.278. The number of nitrogens with zero attached hydrogens (tertiary/aromatic N) is 1. The first-order chi connectivity index (χ1) is 10.2. The molecule has 1 heterocycles. The van der Waals surface area contributed by atoms with Gasteiger partial charge in [-0.1, -0.05) is 24.3 Å². The third-order valence-electron chi connectivity index (χ3n) is 4.09. The molecule has 2 aromatic rings. The number of carbonyl (C=O) groups is 1. The first kappa shape index (κ1) is 13.7. The molecule has 0 aromatic heterocycles. The van der Waals surface area contributed by atoms with Crippen LogP contribution < -0.4 is 10.6 Å². The van der Waals surface area contributed by atoms with Crippen LogP contribution in [0.15, 0.2) is 42.5 Å². The summed E-state index contributed by atoms with van der Waals surface area (Å²) in [5, 5.41) is 0. The van der Waals surface area contributed by atoms with Gasteiger partial charge in [0.25, 0.3) is 0 Å². The Bertz CT molecular complexity index is 679. The number of carbonyl (C=O) groups excluding carboxylic acids is 1. The molecule has 108 valence electrons. The van der Waals surface area contributed by atoms with E-state index in [2.05, 4.69) is 17.9 Å². The molecule has 0 radical (unpaired) electrons. The second-order valence-corrected chi connectivity index (χ2v) is 5.48. The Kier molecular flexibility index (Phi) is 3.65. The minimum Gasteiger partial charge on any atom is -0.399 e. The maximum Gasteiger partial charge on any atom is 0.193 e. The fourth-order valence-corrected chi connectivity index (χ4v) is 2.97. The number of nitrogen functional groups attached to an aromatic ring is 1. The lowest BCUT2D eigenvalue weighted by Gasteiger charge is -2.30. The first-order valence-electron chi connectivity index (χ1n) is 7.47. The summed E-state index contributed by atoms with van der Waals surface area (Å²) in [6.45, 7) is 4.20. The monoisotopic (exact) mass is 280 g/mol. The summed E-state index contributed by atoms with van der Waals surface area (Å²) < 4.78 is 0. The second-order valence-electron chi connectivity index (χ2n) is 5.48. The maximum atomic E-state index is 12.6. The van der Waals surface area contributed by atoms with Crippen LogP contribution >= 0.6 is 0 Å². The van der Waals surface area contributed by atoms with Crippen molar-refractivity contribution in [3.63, 3.8) is 0 Å². The molecule has 2 aromatic carbocycles. The lowest BCUT2D eigenvalue weighted by molar-refractivity contribution is 0.103. The van der Waals surface area contributed by atoms with Crippen molar-refractivity contribution in [3.8, 4) is 0 Å². The summed E-state index contributed by atoms with van der Waals surface area (Å²) in [5.74, 6) is 0.0340. The van der Waals surface area contributed by atoms with Gasteiger partial charge in [0.15, 0.2) is 5.78 Å². The van der Waals surface area contributed by atoms with Crippen molar-refractivity contribution in [2.24, 2.45) is 0 Å². The van der Waals surface area contributed by atoms with Crippen LogP contribution in [0.25, 0.3) is 0 Å². The molecule has 0 amide bonds. The van der Waals surface area contributed by atoms with Crippen LogP contribution in [0.3, 0.4) is 0 Å². The Morgan fingerprint density at radius 1 is 1.19 bits per heavy atom. The van der Waals surface area contributed by atoms with Gasteiger partial charge in [0.2, 0.25) is 0 Å². The number of nitrogens with two attached hydrogens (primary N) is 1. The summed E-state index contributed by atoms with van der Waals surface area (Å²) in [6, 6.07) is 13.2. The fourth-order valence-electron chi connectivity index (χ4n) is 2.97. The van der Waals surface area contributed by atoms with E-state index < -0.39 is 0 Å². The van der Waals surface area contributed by atoms with Crippen LogP contribution in [0.1, 0.15) is 34.8 Å². The molecule has 0 saturated carbocycles. The van der Waals surface area contributed by atoms with Gasteiger partial charge in [-0.05, 0) is 43.5 Å². The van der Waals surface area contributed by atoms with Gasteiger partial charge in [0, 0.05) is 35.6 Å². The number of benzene rings is 2. The van der Waals surface area contributed by atoms with Crippen LogP contribution in [-0.4, -0.2) is 18.9 Å². The van der Waals surface area contributed by atoms with Crippen LogP contribution in [0.5, 0.6) is 0 Å². The number of anilines is 2. The highest BCUT2D eigenvalue weighted by Gasteiger charge is 2.18. The van der Waals surface area contributed by atoms with E-state index in [-0.39, 0.29) is 5.78 Å². The molecule has 1 aliphatic rings. The van der Waals surface area contributed by atoms with E-state index in [1.165, 1.54) is 17.7 Å². The highest BCUT2D eigenvalue weighted by atomic mass is 16.1. The lowest BCUT2D eigenvalue weighted by atomic mass is 9.96. The zero-order valence-electron chi connectivity index (χ0n) is 12.3. The van der Waals surface area contributed by atoms with Crippen molar-refractivity contribution in [1.29, 1.82) is 0 Å². The van der Waals surface area contributed by atoms with E-state index in [1.807, 2.05) is 24.3 Å². The summed E-state index contributed by atoms with van der Waals surface area (Å²) in [5.41, 5.74) is 10.3. The average molecular weight is 280 g/mol. The Labute approximate surface area is 125 Å². The lowest BCUT2D eigenvalue weighted by Crippen LogP contribution is -2.29. The van der Waals surface area contributed by atoms with Gasteiger partial charge in [-0.25, -0.2) is 0 Å². The van der Waals surface area contributed by atoms with Gasteiger partial charge in [-0.2, -0.15) is 0 Å². The highest BCUT2D eigenvalue weighted by molar-refractivity contribution is 6.10. The van der Waals surface area contributed by atoms with Gasteiger partial charge >= 0.3 is 0 Å². The van der Waals surface area contributed by atoms with Crippen LogP contribution in [0, 0.1) is 0 Å². The van der Waals surface area contributed by atoms with Gasteiger partial charge in [0.05, 0.1) is 0 Å². The Balaban J connectivity index is 1.98. The van der Waals surface area contributed by atoms with Gasteiger partial charge in [0.1, 0.15) is 0 Å². The third-order valence-corrected chi connectivity index (χ3v) is 4.09. The molecule has 3 rings (SSSR count). The quantitative estimate of drug-likeness (QED) is 0.693. The summed E-state index contributed by atoms with van der Waals surface area (Å²) >= 11 is 0. The number of aryl methyl sites for hydroxylation is 1. The number of ketones is 1. The van der Waals surface area contributed by atoms with Crippen molar-refractivity contribution in [3.05, 3.63) is 59.2 Å². The molecule has 0 saturated heterocycles. The molecule has 21 heavy (non-hydrogen) atoms. The van der Waals surface area contributed by atoms with Gasteiger partial charge in [-0.3, -0.25) is 4.79 Å². The Morgan fingerprint density at radius 3 is 2.76 bits per heavy atom. The second kappa shape index (κ2) is 5.60. The number of fused-ring (bicyclic) bond motifs is 1. The van der Waals surface area contributed by atoms with E-state index >= 15 is 0 Å². The van der Waals surface area contributed by atoms with Crippen LogP contribution in [-0.2, 0) is 6.42 Å². The minimum absolute atomic E-state index is 0.0340. The van der Waals surface area contributed by atoms with Crippen molar-refractivity contribution in [2.75, 3.05) is 23.7 Å². The summed E-state index contributed by atoms with van der Waals surface area (Å²) in [6.07, 6.45) is 2.28. The maximum absolute atomic E-state index is 12.6. The number of hydrogen-bond donors (Lipinski definition) is 1. The zero-order valence-corrected chi connectivity index (χ0v) is 12.3. The average Bonchev–Trinajstić information content (AvgIpc) is 2.53. The molecule has 0 atom stereocenters. The molecular weight excluding hydrogens is 260 g/mol. The summed E-state index contributed by atoms with van der Waals surface area (Å²) in [7, 11) is 0. The normalized spacial score (nSPS) is 13.9. The first-order valence-corrected chi connectivity index (χ1v) is 7.47. The van der Waals surface area contributed by atoms with E-state index in [4.69, 9.17) is 5.73 Å².